The summed E-state index contributed by atoms with van der Waals surface area (Å²) in [6.45, 7) is 8.10. The fraction of sp³-hybridized carbons (Fsp3) is 0.571. The van der Waals surface area contributed by atoms with Crippen LogP contribution in [0.15, 0.2) is 16.7 Å². The summed E-state index contributed by atoms with van der Waals surface area (Å²) in [4.78, 5) is 11.4. The highest BCUT2D eigenvalue weighted by molar-refractivity contribution is 9.10. The van der Waals surface area contributed by atoms with Gasteiger partial charge in [0.05, 0.1) is 5.38 Å². The average Bonchev–Trinajstić information content (AvgIpc) is 2.73. The number of hydrogen-bond donors (Lipinski definition) is 0. The molecule has 0 aromatic carbocycles. The van der Waals surface area contributed by atoms with Crippen LogP contribution in [0.25, 0.3) is 11.2 Å². The molecule has 0 radical (unpaired) electrons. The Morgan fingerprint density at radius 3 is 2.70 bits per heavy atom. The monoisotopic (exact) mass is 358 g/mol. The Bertz CT molecular complexity index is 594. The van der Waals surface area contributed by atoms with E-state index >= 15 is 0 Å². The van der Waals surface area contributed by atoms with Crippen LogP contribution in [0.5, 0.6) is 0 Å². The van der Waals surface area contributed by atoms with Crippen molar-refractivity contribution < 1.29 is 0 Å². The van der Waals surface area contributed by atoms with Gasteiger partial charge in [0.25, 0.3) is 0 Å². The first-order chi connectivity index (χ1) is 9.40. The zero-order valence-electron chi connectivity index (χ0n) is 12.3. The van der Waals surface area contributed by atoms with E-state index in [9.17, 15) is 0 Å². The number of alkyl halides is 1. The summed E-state index contributed by atoms with van der Waals surface area (Å²) in [7, 11) is 2.12. The second-order valence-corrected chi connectivity index (χ2v) is 6.88. The third-order valence-corrected chi connectivity index (χ3v) is 4.12. The fourth-order valence-corrected chi connectivity index (χ4v) is 2.53. The number of hydrogen-bond acceptors (Lipinski definition) is 3. The van der Waals surface area contributed by atoms with Gasteiger partial charge in [-0.1, -0.05) is 0 Å². The van der Waals surface area contributed by atoms with Gasteiger partial charge in [-0.15, -0.1) is 11.6 Å². The van der Waals surface area contributed by atoms with Crippen LogP contribution in [0, 0.1) is 0 Å². The molecule has 20 heavy (non-hydrogen) atoms. The quantitative estimate of drug-likeness (QED) is 0.761. The first-order valence-corrected chi connectivity index (χ1v) is 7.99. The molecule has 0 saturated heterocycles. The van der Waals surface area contributed by atoms with E-state index in [4.69, 9.17) is 11.6 Å². The van der Waals surface area contributed by atoms with Crippen molar-refractivity contribution in [2.45, 2.75) is 38.7 Å². The van der Waals surface area contributed by atoms with E-state index in [0.717, 1.165) is 34.6 Å². The Kier molecular flexibility index (Phi) is 5.04. The molecule has 1 atom stereocenters. The Morgan fingerprint density at radius 1 is 1.40 bits per heavy atom. The van der Waals surface area contributed by atoms with Crippen LogP contribution < -0.4 is 0 Å². The first kappa shape index (κ1) is 15.7. The lowest BCUT2D eigenvalue weighted by molar-refractivity contribution is 0.263. The number of pyridine rings is 1. The van der Waals surface area contributed by atoms with Gasteiger partial charge in [-0.3, -0.25) is 0 Å². The Morgan fingerprint density at radius 2 is 2.10 bits per heavy atom. The molecule has 4 nitrogen and oxygen atoms in total. The van der Waals surface area contributed by atoms with Gasteiger partial charge in [-0.25, -0.2) is 9.97 Å². The molecule has 2 aromatic heterocycles. The molecule has 0 saturated carbocycles. The van der Waals surface area contributed by atoms with Gasteiger partial charge in [0.2, 0.25) is 0 Å². The first-order valence-electron chi connectivity index (χ1n) is 6.76. The third-order valence-electron chi connectivity index (χ3n) is 3.49. The maximum atomic E-state index is 6.26. The lowest BCUT2D eigenvalue weighted by atomic mass is 10.3. The molecule has 0 amide bonds. The minimum Gasteiger partial charge on any atom is -0.310 e. The number of imidazole rings is 1. The van der Waals surface area contributed by atoms with Crippen molar-refractivity contribution in [2.75, 3.05) is 13.6 Å². The van der Waals surface area contributed by atoms with Gasteiger partial charge in [0.15, 0.2) is 5.65 Å². The van der Waals surface area contributed by atoms with Crippen molar-refractivity contribution in [3.8, 4) is 0 Å². The zero-order chi connectivity index (χ0) is 14.9. The lowest BCUT2D eigenvalue weighted by Gasteiger charge is -2.21. The van der Waals surface area contributed by atoms with Crippen LogP contribution in [0.1, 0.15) is 32.0 Å². The predicted molar refractivity (Wildman–Crippen MR) is 87.3 cm³/mol. The molecule has 0 N–H and O–H groups in total. The molecule has 2 rings (SSSR count). The van der Waals surface area contributed by atoms with Gasteiger partial charge in [-0.05, 0) is 49.8 Å². The Balaban J connectivity index is 2.36. The highest BCUT2D eigenvalue weighted by atomic mass is 79.9. The molecule has 0 fully saturated rings. The van der Waals surface area contributed by atoms with Crippen LogP contribution in [-0.4, -0.2) is 39.1 Å². The molecule has 0 aliphatic rings. The number of likely N-dealkylation sites (N-methyl/N-ethyl adjacent to an activating group) is 1. The molecule has 2 aromatic rings. The third kappa shape index (κ3) is 3.32. The summed E-state index contributed by atoms with van der Waals surface area (Å²) in [6, 6.07) is 2.50. The molecule has 110 valence electrons. The second kappa shape index (κ2) is 6.41. The molecule has 6 heteroatoms. The highest BCUT2D eigenvalue weighted by Gasteiger charge is 2.16. The standard InChI is InChI=1S/C14H20BrClN4/c1-9(2)19(4)5-6-20-13(10(3)16)18-12-7-11(15)8-17-14(12)20/h7-10H,5-6H2,1-4H3. The van der Waals surface area contributed by atoms with E-state index in [1.807, 2.05) is 13.0 Å². The Labute approximate surface area is 133 Å². The van der Waals surface area contributed by atoms with Crippen molar-refractivity contribution in [3.63, 3.8) is 0 Å². The number of nitrogens with zero attached hydrogens (tertiary/aromatic N) is 4. The SMILES string of the molecule is CC(Cl)c1nc2cc(Br)cnc2n1CCN(C)C(C)C. The van der Waals surface area contributed by atoms with Gasteiger partial charge in [0, 0.05) is 29.8 Å². The van der Waals surface area contributed by atoms with Crippen LogP contribution in [0.3, 0.4) is 0 Å². The summed E-state index contributed by atoms with van der Waals surface area (Å²) in [5.74, 6) is 0.879. The smallest absolute Gasteiger partial charge is 0.160 e. The maximum Gasteiger partial charge on any atom is 0.160 e. The minimum absolute atomic E-state index is 0.132. The van der Waals surface area contributed by atoms with E-state index in [1.54, 1.807) is 6.20 Å². The van der Waals surface area contributed by atoms with Crippen molar-refractivity contribution in [1.29, 1.82) is 0 Å². The van der Waals surface area contributed by atoms with Crippen molar-refractivity contribution >= 4 is 38.7 Å². The van der Waals surface area contributed by atoms with Gasteiger partial charge < -0.3 is 9.47 Å². The summed E-state index contributed by atoms with van der Waals surface area (Å²) in [5, 5.41) is -0.132. The van der Waals surface area contributed by atoms with Gasteiger partial charge >= 0.3 is 0 Å². The molecule has 1 unspecified atom stereocenters. The van der Waals surface area contributed by atoms with Crippen molar-refractivity contribution in [3.05, 3.63) is 22.6 Å². The molecule has 0 spiro atoms. The maximum absolute atomic E-state index is 6.26. The Hall–Kier alpha value is -0.650. The van der Waals surface area contributed by atoms with E-state index < -0.39 is 0 Å². The van der Waals surface area contributed by atoms with E-state index in [2.05, 4.69) is 56.3 Å². The van der Waals surface area contributed by atoms with Crippen molar-refractivity contribution in [2.24, 2.45) is 0 Å². The van der Waals surface area contributed by atoms with Crippen molar-refractivity contribution in [1.82, 2.24) is 19.4 Å². The molecular weight excluding hydrogens is 340 g/mol. The summed E-state index contributed by atoms with van der Waals surface area (Å²) >= 11 is 9.69. The predicted octanol–water partition coefficient (Wildman–Crippen LogP) is 3.83. The second-order valence-electron chi connectivity index (χ2n) is 5.31. The van der Waals surface area contributed by atoms with E-state index in [0.29, 0.717) is 6.04 Å². The topological polar surface area (TPSA) is 34.0 Å². The minimum atomic E-state index is -0.132. The number of fused-ring (bicyclic) bond motifs is 1. The average molecular weight is 360 g/mol. The normalized spacial score (nSPS) is 13.6. The number of halogens is 2. The van der Waals surface area contributed by atoms with Crippen LogP contribution in [0.2, 0.25) is 0 Å². The highest BCUT2D eigenvalue weighted by Crippen LogP contribution is 2.25. The summed E-state index contributed by atoms with van der Waals surface area (Å²) in [6.07, 6.45) is 1.80. The largest absolute Gasteiger partial charge is 0.310 e. The zero-order valence-corrected chi connectivity index (χ0v) is 14.6. The number of rotatable bonds is 5. The van der Waals surface area contributed by atoms with E-state index in [-0.39, 0.29) is 5.38 Å². The molecule has 2 heterocycles. The summed E-state index contributed by atoms with van der Waals surface area (Å²) < 4.78 is 3.06. The van der Waals surface area contributed by atoms with Gasteiger partial charge in [-0.2, -0.15) is 0 Å². The molecule has 0 bridgehead atoms. The molecule has 0 aliphatic heterocycles. The lowest BCUT2D eigenvalue weighted by Crippen LogP contribution is -2.30. The fourth-order valence-electron chi connectivity index (χ4n) is 2.04. The van der Waals surface area contributed by atoms with Crippen LogP contribution in [0.4, 0.5) is 0 Å². The van der Waals surface area contributed by atoms with Crippen LogP contribution >= 0.6 is 27.5 Å². The molecular formula is C14H20BrClN4. The number of aromatic nitrogens is 3. The van der Waals surface area contributed by atoms with E-state index in [1.165, 1.54) is 0 Å². The van der Waals surface area contributed by atoms with Gasteiger partial charge in [0.1, 0.15) is 11.3 Å². The summed E-state index contributed by atoms with van der Waals surface area (Å²) in [5.41, 5.74) is 1.78. The molecule has 0 aliphatic carbocycles. The van der Waals surface area contributed by atoms with Crippen LogP contribution in [-0.2, 0) is 6.54 Å².